The van der Waals surface area contributed by atoms with Crippen molar-refractivity contribution >= 4 is 44.5 Å². The van der Waals surface area contributed by atoms with Crippen LogP contribution in [-0.4, -0.2) is 61.1 Å². The van der Waals surface area contributed by atoms with Crippen LogP contribution in [0.3, 0.4) is 0 Å². The Kier molecular flexibility index (Phi) is 8.19. The Morgan fingerprint density at radius 2 is 2.10 bits per heavy atom. The molecule has 1 saturated carbocycles. The summed E-state index contributed by atoms with van der Waals surface area (Å²) in [5.74, 6) is 0.778. The molecule has 1 aliphatic heterocycles. The standard InChI is InChI=1S/C29H31F2N7O2S.2H2/c1-4-12-33-15-20(5-2)22-17-38(25-16-34-29(35-27(22)25)37(3)21-10-13-32-14-11-21)28-23(30)8-9-24(26(28)31)36-41(39,40)18-19-6-7-19;;/h1,5,8-9,12,15-17,19,21,32,36H,2,6-7,10-11,13-14,18H2,3H3;2*1H/b20-15+,33-12?;;. The molecule has 5 rings (SSSR count). The third-order valence-electron chi connectivity index (χ3n) is 7.32. The summed E-state index contributed by atoms with van der Waals surface area (Å²) in [4.78, 5) is 15.4. The summed E-state index contributed by atoms with van der Waals surface area (Å²) in [7, 11) is -1.89. The van der Waals surface area contributed by atoms with Crippen LogP contribution in [0.5, 0.6) is 0 Å². The van der Waals surface area contributed by atoms with E-state index < -0.39 is 27.3 Å². The average molecular weight is 584 g/mol. The number of rotatable bonds is 10. The van der Waals surface area contributed by atoms with Crippen molar-refractivity contribution in [2.75, 3.05) is 35.5 Å². The number of aliphatic imine (C=N–C) groups is 1. The summed E-state index contributed by atoms with van der Waals surface area (Å²) in [5.41, 5.74) is 0.920. The highest BCUT2D eigenvalue weighted by Gasteiger charge is 2.30. The van der Waals surface area contributed by atoms with E-state index in [9.17, 15) is 8.42 Å². The largest absolute Gasteiger partial charge is 0.341 e. The summed E-state index contributed by atoms with van der Waals surface area (Å²) in [6.45, 7) is 5.63. The van der Waals surface area contributed by atoms with Crippen molar-refractivity contribution in [2.24, 2.45) is 10.9 Å². The normalized spacial score (nSPS) is 16.7. The molecule has 2 N–H and O–H groups in total. The molecule has 41 heavy (non-hydrogen) atoms. The molecule has 2 aromatic heterocycles. The zero-order valence-electron chi connectivity index (χ0n) is 22.6. The van der Waals surface area contributed by atoms with Gasteiger partial charge in [-0.05, 0) is 56.8 Å². The van der Waals surface area contributed by atoms with Gasteiger partial charge in [-0.15, -0.1) is 6.42 Å². The fourth-order valence-electron chi connectivity index (χ4n) is 4.96. The molecule has 3 aromatic rings. The minimum absolute atomic E-state index is 0. The van der Waals surface area contributed by atoms with Crippen LogP contribution in [0.1, 0.15) is 34.1 Å². The van der Waals surface area contributed by atoms with Crippen molar-refractivity contribution < 1.29 is 20.1 Å². The number of nitrogens with zero attached hydrogens (tertiary/aromatic N) is 5. The Balaban J connectivity index is 0.00000253. The minimum atomic E-state index is -3.81. The zero-order chi connectivity index (χ0) is 29.1. The molecule has 2 aliphatic rings. The van der Waals surface area contributed by atoms with Gasteiger partial charge in [-0.2, -0.15) is 0 Å². The van der Waals surface area contributed by atoms with E-state index in [1.165, 1.54) is 29.4 Å². The third-order valence-corrected chi connectivity index (χ3v) is 8.76. The topological polar surface area (TPSA) is 105 Å². The number of hydrogen-bond acceptors (Lipinski definition) is 7. The summed E-state index contributed by atoms with van der Waals surface area (Å²) < 4.78 is 60.0. The summed E-state index contributed by atoms with van der Waals surface area (Å²) in [6, 6.07) is 2.34. The lowest BCUT2D eigenvalue weighted by molar-refractivity contribution is 0.440. The molecular weight excluding hydrogens is 548 g/mol. The van der Waals surface area contributed by atoms with Crippen LogP contribution in [0.15, 0.2) is 48.4 Å². The Hall–Kier alpha value is -4.08. The highest BCUT2D eigenvalue weighted by Crippen LogP contribution is 2.35. The van der Waals surface area contributed by atoms with E-state index in [0.29, 0.717) is 28.1 Å². The van der Waals surface area contributed by atoms with Crippen LogP contribution in [0.4, 0.5) is 20.4 Å². The van der Waals surface area contributed by atoms with Gasteiger partial charge < -0.3 is 14.8 Å². The zero-order valence-corrected chi connectivity index (χ0v) is 23.5. The van der Waals surface area contributed by atoms with Crippen molar-refractivity contribution in [2.45, 2.75) is 31.7 Å². The SMILES string of the molecule is C#CC=N/C=C(\C=C)c1cn(-c2c(F)ccc(NS(=O)(=O)CC3CC3)c2F)c2cnc(N(C)C3CCNCC3)nc12.[HH].[HH]. The molecule has 0 unspecified atom stereocenters. The molecule has 0 bridgehead atoms. The van der Waals surface area contributed by atoms with E-state index >= 15 is 8.78 Å². The maximum absolute atomic E-state index is 15.9. The lowest BCUT2D eigenvalue weighted by atomic mass is 10.1. The molecule has 1 aromatic carbocycles. The maximum Gasteiger partial charge on any atom is 0.233 e. The van der Waals surface area contributed by atoms with E-state index in [1.54, 1.807) is 6.08 Å². The second-order valence-corrected chi connectivity index (χ2v) is 12.0. The number of anilines is 2. The van der Waals surface area contributed by atoms with Crippen molar-refractivity contribution in [3.05, 3.63) is 60.6 Å². The first-order valence-corrected chi connectivity index (χ1v) is 15.0. The molecule has 0 atom stereocenters. The predicted molar refractivity (Wildman–Crippen MR) is 163 cm³/mol. The van der Waals surface area contributed by atoms with E-state index in [2.05, 4.69) is 32.5 Å². The molecule has 1 saturated heterocycles. The lowest BCUT2D eigenvalue weighted by Crippen LogP contribution is -2.41. The van der Waals surface area contributed by atoms with Crippen LogP contribution in [0, 0.1) is 29.9 Å². The highest BCUT2D eigenvalue weighted by molar-refractivity contribution is 7.92. The van der Waals surface area contributed by atoms with E-state index in [4.69, 9.17) is 11.4 Å². The number of sulfonamides is 1. The molecule has 0 radical (unpaired) electrons. The number of nitrogens with one attached hydrogen (secondary N) is 2. The van der Waals surface area contributed by atoms with Crippen molar-refractivity contribution in [1.82, 2.24) is 19.9 Å². The number of halogens is 2. The smallest absolute Gasteiger partial charge is 0.233 e. The number of allylic oxidation sites excluding steroid dienone is 2. The molecule has 1 aliphatic carbocycles. The molecule has 0 amide bonds. The van der Waals surface area contributed by atoms with Crippen LogP contribution >= 0.6 is 0 Å². The van der Waals surface area contributed by atoms with Crippen LogP contribution in [0.2, 0.25) is 0 Å². The minimum Gasteiger partial charge on any atom is -0.341 e. The van der Waals surface area contributed by atoms with Crippen LogP contribution in [-0.2, 0) is 10.0 Å². The molecule has 218 valence electrons. The van der Waals surface area contributed by atoms with Crippen molar-refractivity contribution in [3.8, 4) is 18.0 Å². The number of fused-ring (bicyclic) bond motifs is 1. The number of hydrogen-bond donors (Lipinski definition) is 2. The molecular formula is C29H35F2N7O2S. The van der Waals surface area contributed by atoms with Crippen LogP contribution < -0.4 is 14.9 Å². The summed E-state index contributed by atoms with van der Waals surface area (Å²) in [5, 5.41) is 3.34. The van der Waals surface area contributed by atoms with Gasteiger partial charge in [0, 0.05) is 39.5 Å². The first-order chi connectivity index (χ1) is 19.7. The Morgan fingerprint density at radius 3 is 2.78 bits per heavy atom. The average Bonchev–Trinajstić information content (AvgIpc) is 3.70. The Morgan fingerprint density at radius 1 is 1.34 bits per heavy atom. The maximum atomic E-state index is 15.9. The third kappa shape index (κ3) is 6.16. The van der Waals surface area contributed by atoms with Gasteiger partial charge in [0.15, 0.2) is 5.82 Å². The van der Waals surface area contributed by atoms with E-state index in [-0.39, 0.29) is 26.3 Å². The van der Waals surface area contributed by atoms with E-state index in [1.807, 2.05) is 11.9 Å². The molecule has 2 fully saturated rings. The van der Waals surface area contributed by atoms with Gasteiger partial charge in [0.2, 0.25) is 16.0 Å². The monoisotopic (exact) mass is 583 g/mol. The predicted octanol–water partition coefficient (Wildman–Crippen LogP) is 4.76. The van der Waals surface area contributed by atoms with Gasteiger partial charge in [0.05, 0.1) is 29.4 Å². The van der Waals surface area contributed by atoms with E-state index in [0.717, 1.165) is 50.9 Å². The number of aromatic nitrogens is 3. The van der Waals surface area contributed by atoms with Crippen molar-refractivity contribution in [1.29, 1.82) is 0 Å². The van der Waals surface area contributed by atoms with Gasteiger partial charge in [-0.1, -0.05) is 18.6 Å². The lowest BCUT2D eigenvalue weighted by Gasteiger charge is -2.31. The van der Waals surface area contributed by atoms with Crippen molar-refractivity contribution in [3.63, 3.8) is 0 Å². The summed E-state index contributed by atoms with van der Waals surface area (Å²) in [6.07, 6.45) is 16.1. The van der Waals surface area contributed by atoms with Gasteiger partial charge in [0.1, 0.15) is 17.0 Å². The van der Waals surface area contributed by atoms with Gasteiger partial charge in [0.25, 0.3) is 0 Å². The second kappa shape index (κ2) is 11.8. The number of benzene rings is 1. The first-order valence-electron chi connectivity index (χ1n) is 13.3. The fraction of sp³-hybridized carbons (Fsp3) is 0.345. The molecule has 3 heterocycles. The number of piperidine rings is 1. The fourth-order valence-corrected chi connectivity index (χ4v) is 6.49. The molecule has 0 spiro atoms. The Bertz CT molecular complexity index is 1690. The number of terminal acetylenes is 1. The molecule has 9 nitrogen and oxygen atoms in total. The van der Waals surface area contributed by atoms with Gasteiger partial charge in [-0.3, -0.25) is 9.71 Å². The second-order valence-electron chi connectivity index (χ2n) is 10.2. The Labute approximate surface area is 241 Å². The van der Waals surface area contributed by atoms with Gasteiger partial charge in [-0.25, -0.2) is 27.2 Å². The summed E-state index contributed by atoms with van der Waals surface area (Å²) >= 11 is 0. The highest BCUT2D eigenvalue weighted by atomic mass is 32.2. The first kappa shape index (κ1) is 28.4. The van der Waals surface area contributed by atoms with Gasteiger partial charge >= 0.3 is 0 Å². The quantitative estimate of drug-likeness (QED) is 0.203. The van der Waals surface area contributed by atoms with Crippen LogP contribution in [0.25, 0.3) is 22.3 Å². The molecule has 12 heteroatoms.